The molecule has 1 aliphatic heterocycles. The lowest BCUT2D eigenvalue weighted by Crippen LogP contribution is -2.50. The van der Waals surface area contributed by atoms with Crippen LogP contribution < -0.4 is 10.1 Å². The van der Waals surface area contributed by atoms with Crippen LogP contribution in [-0.4, -0.2) is 52.5 Å². The number of carbonyl (C=O) groups is 2. The summed E-state index contributed by atoms with van der Waals surface area (Å²) in [5.41, 5.74) is 3.39. The number of hydrogen-bond acceptors (Lipinski definition) is 5. The van der Waals surface area contributed by atoms with Gasteiger partial charge in [0.15, 0.2) is 0 Å². The Balaban J connectivity index is 1.30. The summed E-state index contributed by atoms with van der Waals surface area (Å²) in [6, 6.07) is 20.0. The summed E-state index contributed by atoms with van der Waals surface area (Å²) in [6.45, 7) is 1.97. The fraction of sp³-hybridized carbons (Fsp3) is 0.296. The predicted molar refractivity (Wildman–Crippen MR) is 130 cm³/mol. The van der Waals surface area contributed by atoms with Gasteiger partial charge in [-0.05, 0) is 67.9 Å². The van der Waals surface area contributed by atoms with E-state index in [9.17, 15) is 14.7 Å². The van der Waals surface area contributed by atoms with Gasteiger partial charge in [0.2, 0.25) is 0 Å². The Kier molecular flexibility index (Phi) is 7.88. The third-order valence-corrected chi connectivity index (χ3v) is 5.99. The Morgan fingerprint density at radius 1 is 1.00 bits per heavy atom. The van der Waals surface area contributed by atoms with Crippen molar-refractivity contribution in [2.75, 3.05) is 19.6 Å². The first kappa shape index (κ1) is 23.4. The first-order valence-electron chi connectivity index (χ1n) is 11.6. The van der Waals surface area contributed by atoms with E-state index in [1.54, 1.807) is 30.5 Å². The second-order valence-corrected chi connectivity index (χ2v) is 8.39. The molecule has 0 spiro atoms. The summed E-state index contributed by atoms with van der Waals surface area (Å²) in [5, 5.41) is 12.3. The largest absolute Gasteiger partial charge is 0.489 e. The van der Waals surface area contributed by atoms with Gasteiger partial charge in [0.05, 0.1) is 5.69 Å². The minimum absolute atomic E-state index is 0.0816. The number of carboxylic acid groups (broad SMARTS) is 1. The molecule has 3 aromatic rings. The van der Waals surface area contributed by atoms with E-state index in [0.717, 1.165) is 49.2 Å². The minimum Gasteiger partial charge on any atom is -0.489 e. The highest BCUT2D eigenvalue weighted by Crippen LogP contribution is 2.19. The van der Waals surface area contributed by atoms with Crippen molar-refractivity contribution >= 4 is 11.9 Å². The van der Waals surface area contributed by atoms with Crippen LogP contribution in [0.4, 0.5) is 0 Å². The molecule has 2 aromatic carbocycles. The van der Waals surface area contributed by atoms with Crippen molar-refractivity contribution in [3.05, 3.63) is 84.1 Å². The zero-order valence-electron chi connectivity index (χ0n) is 19.0. The number of benzene rings is 2. The van der Waals surface area contributed by atoms with E-state index in [1.807, 2.05) is 47.4 Å². The van der Waals surface area contributed by atoms with Crippen molar-refractivity contribution in [3.8, 4) is 17.0 Å². The number of amides is 1. The summed E-state index contributed by atoms with van der Waals surface area (Å²) in [7, 11) is 0. The summed E-state index contributed by atoms with van der Waals surface area (Å²) in [5.74, 6) is -0.555. The summed E-state index contributed by atoms with van der Waals surface area (Å²) >= 11 is 0. The molecule has 1 saturated heterocycles. The zero-order chi connectivity index (χ0) is 23.8. The number of aliphatic carboxylic acids is 1. The van der Waals surface area contributed by atoms with Crippen LogP contribution in [-0.2, 0) is 11.4 Å². The highest BCUT2D eigenvalue weighted by molar-refractivity contribution is 5.94. The Morgan fingerprint density at radius 2 is 1.74 bits per heavy atom. The van der Waals surface area contributed by atoms with Gasteiger partial charge in [-0.3, -0.25) is 19.5 Å². The lowest BCUT2D eigenvalue weighted by Gasteiger charge is -2.31. The average Bonchev–Trinajstić information content (AvgIpc) is 2.89. The molecule has 176 valence electrons. The molecule has 0 radical (unpaired) electrons. The molecular formula is C27H29N3O4. The van der Waals surface area contributed by atoms with Gasteiger partial charge in [-0.2, -0.15) is 0 Å². The number of piperidine rings is 1. The summed E-state index contributed by atoms with van der Waals surface area (Å²) in [4.78, 5) is 30.6. The normalized spacial score (nSPS) is 14.8. The third kappa shape index (κ3) is 6.20. The maximum absolute atomic E-state index is 12.5. The summed E-state index contributed by atoms with van der Waals surface area (Å²) < 4.78 is 5.88. The van der Waals surface area contributed by atoms with Gasteiger partial charge < -0.3 is 15.2 Å². The van der Waals surface area contributed by atoms with Crippen LogP contribution in [0.5, 0.6) is 5.75 Å². The van der Waals surface area contributed by atoms with E-state index in [4.69, 9.17) is 4.74 Å². The topological polar surface area (TPSA) is 91.8 Å². The third-order valence-electron chi connectivity index (χ3n) is 5.99. The number of aromatic nitrogens is 1. The van der Waals surface area contributed by atoms with Crippen molar-refractivity contribution in [3.63, 3.8) is 0 Å². The number of rotatable bonds is 9. The Morgan fingerprint density at radius 3 is 2.44 bits per heavy atom. The van der Waals surface area contributed by atoms with E-state index in [2.05, 4.69) is 10.3 Å². The van der Waals surface area contributed by atoms with Crippen molar-refractivity contribution in [2.24, 2.45) is 0 Å². The van der Waals surface area contributed by atoms with Crippen molar-refractivity contribution < 1.29 is 19.4 Å². The standard InChI is InChI=1S/C27H29N3O4/c31-26(29-18-25(27(32)33)30-15-5-2-6-16-30)22-9-11-23(12-10-22)34-19-20-13-14-28-24(17-20)21-7-3-1-4-8-21/h1,3-4,7-14,17,25H,2,5-6,15-16,18-19H2,(H,29,31)(H,32,33)/t25-/m0/s1. The highest BCUT2D eigenvalue weighted by atomic mass is 16.5. The second-order valence-electron chi connectivity index (χ2n) is 8.39. The van der Waals surface area contributed by atoms with Gasteiger partial charge in [0, 0.05) is 23.9 Å². The molecule has 1 amide bonds. The van der Waals surface area contributed by atoms with Gasteiger partial charge in [-0.15, -0.1) is 0 Å². The Labute approximate surface area is 199 Å². The Bertz CT molecular complexity index is 1100. The smallest absolute Gasteiger partial charge is 0.322 e. The maximum atomic E-state index is 12.5. The van der Waals surface area contributed by atoms with Gasteiger partial charge in [-0.25, -0.2) is 0 Å². The lowest BCUT2D eigenvalue weighted by molar-refractivity contribution is -0.143. The molecule has 1 aromatic heterocycles. The SMILES string of the molecule is O=C(NC[C@@H](C(=O)O)N1CCCCC1)c1ccc(OCc2ccnc(-c3ccccc3)c2)cc1. The molecule has 0 aliphatic carbocycles. The fourth-order valence-corrected chi connectivity index (χ4v) is 4.09. The Hall–Kier alpha value is -3.71. The molecule has 1 aliphatic rings. The van der Waals surface area contributed by atoms with Gasteiger partial charge in [0.25, 0.3) is 5.91 Å². The molecule has 1 fully saturated rings. The molecular weight excluding hydrogens is 430 g/mol. The zero-order valence-corrected chi connectivity index (χ0v) is 19.0. The quantitative estimate of drug-likeness (QED) is 0.503. The van der Waals surface area contributed by atoms with Crippen molar-refractivity contribution in [1.29, 1.82) is 0 Å². The molecule has 2 N–H and O–H groups in total. The molecule has 0 saturated carbocycles. The predicted octanol–water partition coefficient (Wildman–Crippen LogP) is 4.00. The molecule has 0 bridgehead atoms. The molecule has 2 heterocycles. The number of likely N-dealkylation sites (tertiary alicyclic amines) is 1. The average molecular weight is 460 g/mol. The van der Waals surface area contributed by atoms with E-state index in [1.165, 1.54) is 0 Å². The number of carbonyl (C=O) groups excluding carboxylic acids is 1. The molecule has 1 atom stereocenters. The van der Waals surface area contributed by atoms with Crippen LogP contribution in [0, 0.1) is 0 Å². The van der Waals surface area contributed by atoms with E-state index in [-0.39, 0.29) is 12.5 Å². The molecule has 34 heavy (non-hydrogen) atoms. The number of ether oxygens (including phenoxy) is 1. The van der Waals surface area contributed by atoms with Gasteiger partial charge in [0.1, 0.15) is 18.4 Å². The van der Waals surface area contributed by atoms with Crippen LogP contribution in [0.3, 0.4) is 0 Å². The van der Waals surface area contributed by atoms with E-state index >= 15 is 0 Å². The number of carboxylic acids is 1. The maximum Gasteiger partial charge on any atom is 0.322 e. The first-order valence-corrected chi connectivity index (χ1v) is 11.6. The highest BCUT2D eigenvalue weighted by Gasteiger charge is 2.27. The molecule has 7 heteroatoms. The first-order chi connectivity index (χ1) is 16.6. The van der Waals surface area contributed by atoms with Crippen LogP contribution >= 0.6 is 0 Å². The van der Waals surface area contributed by atoms with Crippen LogP contribution in [0.1, 0.15) is 35.2 Å². The second kappa shape index (κ2) is 11.4. The van der Waals surface area contributed by atoms with Crippen LogP contribution in [0.15, 0.2) is 72.9 Å². The number of hydrogen-bond donors (Lipinski definition) is 2. The van der Waals surface area contributed by atoms with E-state index < -0.39 is 12.0 Å². The van der Waals surface area contributed by atoms with Crippen molar-refractivity contribution in [1.82, 2.24) is 15.2 Å². The van der Waals surface area contributed by atoms with Crippen molar-refractivity contribution in [2.45, 2.75) is 31.9 Å². The molecule has 7 nitrogen and oxygen atoms in total. The lowest BCUT2D eigenvalue weighted by atomic mass is 10.1. The van der Waals surface area contributed by atoms with Gasteiger partial charge >= 0.3 is 5.97 Å². The van der Waals surface area contributed by atoms with E-state index in [0.29, 0.717) is 17.9 Å². The van der Waals surface area contributed by atoms with Crippen LogP contribution in [0.25, 0.3) is 11.3 Å². The number of nitrogens with zero attached hydrogens (tertiary/aromatic N) is 2. The summed E-state index contributed by atoms with van der Waals surface area (Å²) in [6.07, 6.45) is 4.88. The minimum atomic E-state index is -0.905. The fourth-order valence-electron chi connectivity index (χ4n) is 4.09. The number of nitrogens with one attached hydrogen (secondary N) is 1. The van der Waals surface area contributed by atoms with Crippen LogP contribution in [0.2, 0.25) is 0 Å². The van der Waals surface area contributed by atoms with Gasteiger partial charge in [-0.1, -0.05) is 36.8 Å². The molecule has 0 unspecified atom stereocenters. The molecule has 4 rings (SSSR count). The number of pyridine rings is 1. The monoisotopic (exact) mass is 459 g/mol.